The maximum absolute atomic E-state index is 13.2. The molecule has 12 nitrogen and oxygen atoms in total. The topological polar surface area (TPSA) is 154 Å². The molecule has 218 valence electrons. The number of amides is 5. The molecule has 0 fully saturated rings. The van der Waals surface area contributed by atoms with Crippen LogP contribution in [0.15, 0.2) is 29.2 Å². The monoisotopic (exact) mass is 593 g/mol. The van der Waals surface area contributed by atoms with Gasteiger partial charge in [-0.2, -0.15) is 4.31 Å². The molecule has 1 aromatic heterocycles. The van der Waals surface area contributed by atoms with Crippen molar-refractivity contribution in [3.63, 3.8) is 0 Å². The lowest BCUT2D eigenvalue weighted by Crippen LogP contribution is -2.39. The quantitative estimate of drug-likeness (QED) is 0.382. The van der Waals surface area contributed by atoms with Crippen LogP contribution in [0.5, 0.6) is 0 Å². The Morgan fingerprint density at radius 2 is 1.77 bits per heavy atom. The van der Waals surface area contributed by atoms with Gasteiger partial charge in [-0.25, -0.2) is 18.0 Å². The molecule has 0 saturated carbocycles. The van der Waals surface area contributed by atoms with Gasteiger partial charge in [0.1, 0.15) is 5.00 Å². The summed E-state index contributed by atoms with van der Waals surface area (Å²) < 4.78 is 32.5. The van der Waals surface area contributed by atoms with Gasteiger partial charge in [0.05, 0.1) is 23.6 Å². The van der Waals surface area contributed by atoms with Crippen LogP contribution in [0.3, 0.4) is 0 Å². The highest BCUT2D eigenvalue weighted by Crippen LogP contribution is 2.37. The van der Waals surface area contributed by atoms with Gasteiger partial charge in [0, 0.05) is 37.1 Å². The summed E-state index contributed by atoms with van der Waals surface area (Å²) >= 11 is 1.13. The molecule has 1 aromatic carbocycles. The molecule has 0 spiro atoms. The number of rotatable bonds is 10. The fourth-order valence-electron chi connectivity index (χ4n) is 4.22. The number of ether oxygens (including phenoxy) is 1. The van der Waals surface area contributed by atoms with Crippen LogP contribution in [0, 0.1) is 0 Å². The molecule has 3 rings (SSSR count). The molecule has 40 heavy (non-hydrogen) atoms. The number of benzene rings is 1. The van der Waals surface area contributed by atoms with Gasteiger partial charge in [-0.05, 0) is 49.6 Å². The number of fused-ring (bicyclic) bond motifs is 1. The van der Waals surface area contributed by atoms with Crippen molar-refractivity contribution < 1.29 is 32.3 Å². The maximum atomic E-state index is 13.2. The number of unbranched alkanes of at least 4 members (excludes halogenated alkanes) is 1. The fourth-order valence-corrected chi connectivity index (χ4v) is 6.96. The minimum absolute atomic E-state index is 0.0818. The van der Waals surface area contributed by atoms with E-state index in [0.717, 1.165) is 24.2 Å². The Balaban J connectivity index is 1.88. The van der Waals surface area contributed by atoms with Crippen molar-refractivity contribution in [1.29, 1.82) is 0 Å². The van der Waals surface area contributed by atoms with Crippen molar-refractivity contribution >= 4 is 50.3 Å². The molecule has 0 atom stereocenters. The third-order valence-electron chi connectivity index (χ3n) is 6.36. The number of nitrogens with zero attached hydrogens (tertiary/aromatic N) is 2. The number of anilines is 1. The predicted molar refractivity (Wildman–Crippen MR) is 151 cm³/mol. The second-order valence-electron chi connectivity index (χ2n) is 8.94. The summed E-state index contributed by atoms with van der Waals surface area (Å²) in [7, 11) is -2.33. The number of thiophene rings is 1. The summed E-state index contributed by atoms with van der Waals surface area (Å²) in [5.74, 6) is -1.25. The third-order valence-corrected chi connectivity index (χ3v) is 9.48. The number of carbonyl (C=O) groups excluding carboxylic acids is 4. The van der Waals surface area contributed by atoms with Crippen molar-refractivity contribution in [3.05, 3.63) is 45.8 Å². The number of nitrogens with one attached hydrogen (secondary N) is 3. The standard InChI is InChI=1S/C26H35N5O7S2/c1-5-8-14-31(6-2)40(36,37)18-11-9-17(10-12-18)22(32)28-24-21(23(33)29-25(34)27-4)19-13-15-30(16-20(19)39-24)26(35)38-7-3/h9-12H,5-8,13-16H2,1-4H3,(H,28,32)(H2,27,29,33,34). The highest BCUT2D eigenvalue weighted by Gasteiger charge is 2.31. The Hall–Kier alpha value is -3.49. The zero-order valence-corrected chi connectivity index (χ0v) is 24.7. The van der Waals surface area contributed by atoms with Crippen molar-refractivity contribution in [2.75, 3.05) is 38.6 Å². The Morgan fingerprint density at radius 1 is 1.07 bits per heavy atom. The van der Waals surface area contributed by atoms with E-state index >= 15 is 0 Å². The van der Waals surface area contributed by atoms with Gasteiger partial charge < -0.3 is 20.3 Å². The van der Waals surface area contributed by atoms with Gasteiger partial charge in [-0.15, -0.1) is 11.3 Å². The first kappa shape index (κ1) is 31.0. The number of hydrogen-bond acceptors (Lipinski definition) is 8. The van der Waals surface area contributed by atoms with Crippen LogP contribution >= 0.6 is 11.3 Å². The minimum atomic E-state index is -3.70. The van der Waals surface area contributed by atoms with Gasteiger partial charge in [0.2, 0.25) is 10.0 Å². The SMILES string of the molecule is CCCCN(CC)S(=O)(=O)c1ccc(C(=O)Nc2sc3c(c2C(=O)NC(=O)NC)CCN(C(=O)OCC)C3)cc1. The number of urea groups is 1. The summed E-state index contributed by atoms with van der Waals surface area (Å²) in [5, 5.41) is 7.51. The van der Waals surface area contributed by atoms with E-state index in [9.17, 15) is 27.6 Å². The van der Waals surface area contributed by atoms with Gasteiger partial charge in [-0.3, -0.25) is 14.9 Å². The molecule has 1 aliphatic heterocycles. The first-order chi connectivity index (χ1) is 19.1. The van der Waals surface area contributed by atoms with Crippen LogP contribution in [0.2, 0.25) is 0 Å². The van der Waals surface area contributed by atoms with E-state index in [-0.39, 0.29) is 34.2 Å². The molecule has 14 heteroatoms. The van der Waals surface area contributed by atoms with Gasteiger partial charge in [0.15, 0.2) is 0 Å². The Labute approximate surface area is 238 Å². The molecule has 3 N–H and O–H groups in total. The van der Waals surface area contributed by atoms with E-state index in [2.05, 4.69) is 16.0 Å². The molecule has 2 aromatic rings. The smallest absolute Gasteiger partial charge is 0.410 e. The molecular formula is C26H35N5O7S2. The minimum Gasteiger partial charge on any atom is -0.450 e. The first-order valence-corrected chi connectivity index (χ1v) is 15.3. The van der Waals surface area contributed by atoms with Crippen LogP contribution < -0.4 is 16.0 Å². The molecule has 5 amide bonds. The van der Waals surface area contributed by atoms with Crippen LogP contribution in [-0.4, -0.2) is 74.9 Å². The number of imide groups is 1. The number of hydrogen-bond donors (Lipinski definition) is 3. The molecule has 1 aliphatic rings. The van der Waals surface area contributed by atoms with Crippen molar-refractivity contribution in [3.8, 4) is 0 Å². The lowest BCUT2D eigenvalue weighted by molar-refractivity contribution is 0.0963. The molecule has 0 unspecified atom stereocenters. The normalized spacial score (nSPS) is 13.0. The van der Waals surface area contributed by atoms with Crippen LogP contribution in [0.1, 0.15) is 64.8 Å². The molecular weight excluding hydrogens is 558 g/mol. The summed E-state index contributed by atoms with van der Waals surface area (Å²) in [6.45, 7) is 6.94. The van der Waals surface area contributed by atoms with Gasteiger partial charge in [0.25, 0.3) is 11.8 Å². The van der Waals surface area contributed by atoms with E-state index in [0.29, 0.717) is 36.5 Å². The van der Waals surface area contributed by atoms with E-state index in [1.807, 2.05) is 6.92 Å². The van der Waals surface area contributed by atoms with E-state index in [4.69, 9.17) is 4.74 Å². The molecule has 0 aliphatic carbocycles. The van der Waals surface area contributed by atoms with Crippen LogP contribution in [0.25, 0.3) is 0 Å². The molecule has 0 saturated heterocycles. The Kier molecular flexibility index (Phi) is 10.7. The summed E-state index contributed by atoms with van der Waals surface area (Å²) in [6, 6.07) is 4.89. The van der Waals surface area contributed by atoms with Crippen molar-refractivity contribution in [1.82, 2.24) is 19.8 Å². The van der Waals surface area contributed by atoms with Gasteiger partial charge in [-0.1, -0.05) is 20.3 Å². The highest BCUT2D eigenvalue weighted by atomic mass is 32.2. The first-order valence-electron chi connectivity index (χ1n) is 13.1. The van der Waals surface area contributed by atoms with E-state index in [1.165, 1.54) is 40.5 Å². The summed E-state index contributed by atoms with van der Waals surface area (Å²) in [4.78, 5) is 52.6. The Bertz CT molecular complexity index is 1360. The fraction of sp³-hybridized carbons (Fsp3) is 0.462. The largest absolute Gasteiger partial charge is 0.450 e. The molecule has 2 heterocycles. The predicted octanol–water partition coefficient (Wildman–Crippen LogP) is 3.39. The Morgan fingerprint density at radius 3 is 2.38 bits per heavy atom. The lowest BCUT2D eigenvalue weighted by atomic mass is 10.0. The average molecular weight is 594 g/mol. The van der Waals surface area contributed by atoms with E-state index in [1.54, 1.807) is 13.8 Å². The molecule has 0 radical (unpaired) electrons. The van der Waals surface area contributed by atoms with E-state index < -0.39 is 34.0 Å². The zero-order chi connectivity index (χ0) is 29.4. The second-order valence-corrected chi connectivity index (χ2v) is 12.0. The number of sulfonamides is 1. The number of carbonyl (C=O) groups is 4. The zero-order valence-electron chi connectivity index (χ0n) is 23.0. The third kappa shape index (κ3) is 6.98. The molecule has 0 bridgehead atoms. The van der Waals surface area contributed by atoms with Crippen LogP contribution in [-0.2, 0) is 27.7 Å². The lowest BCUT2D eigenvalue weighted by Gasteiger charge is -2.26. The second kappa shape index (κ2) is 13.7. The van der Waals surface area contributed by atoms with Crippen LogP contribution in [0.4, 0.5) is 14.6 Å². The summed E-state index contributed by atoms with van der Waals surface area (Å²) in [5.41, 5.74) is 0.970. The van der Waals surface area contributed by atoms with Crippen molar-refractivity contribution in [2.24, 2.45) is 0 Å². The maximum Gasteiger partial charge on any atom is 0.410 e. The average Bonchev–Trinajstić information content (AvgIpc) is 3.30. The van der Waals surface area contributed by atoms with Crippen molar-refractivity contribution in [2.45, 2.75) is 51.5 Å². The van der Waals surface area contributed by atoms with Gasteiger partial charge >= 0.3 is 12.1 Å². The highest BCUT2D eigenvalue weighted by molar-refractivity contribution is 7.89. The summed E-state index contributed by atoms with van der Waals surface area (Å²) in [6.07, 6.45) is 1.46.